The van der Waals surface area contributed by atoms with Gasteiger partial charge in [-0.25, -0.2) is 9.67 Å². The number of hydrogen-bond acceptors (Lipinski definition) is 5. The highest BCUT2D eigenvalue weighted by Gasteiger charge is 2.10. The second-order valence-corrected chi connectivity index (χ2v) is 5.05. The van der Waals surface area contributed by atoms with Gasteiger partial charge in [-0.15, -0.1) is 0 Å². The van der Waals surface area contributed by atoms with Gasteiger partial charge in [-0.05, 0) is 11.1 Å². The fraction of sp³-hybridized carbons (Fsp3) is 0.125. The number of nitrogens with zero attached hydrogens (tertiary/aromatic N) is 4. The van der Waals surface area contributed by atoms with Gasteiger partial charge in [0, 0.05) is 17.7 Å². The molecule has 0 spiro atoms. The van der Waals surface area contributed by atoms with Gasteiger partial charge < -0.3 is 5.11 Å². The van der Waals surface area contributed by atoms with Crippen molar-refractivity contribution in [1.29, 1.82) is 0 Å². The van der Waals surface area contributed by atoms with E-state index in [0.29, 0.717) is 17.9 Å². The van der Waals surface area contributed by atoms with E-state index in [1.807, 2.05) is 24.3 Å². The van der Waals surface area contributed by atoms with Crippen LogP contribution in [-0.4, -0.2) is 24.8 Å². The highest BCUT2D eigenvalue weighted by Crippen LogP contribution is 2.20. The van der Waals surface area contributed by atoms with Crippen LogP contribution in [0.4, 0.5) is 5.69 Å². The molecule has 0 saturated heterocycles. The zero-order valence-corrected chi connectivity index (χ0v) is 12.2. The van der Waals surface area contributed by atoms with Gasteiger partial charge in [0.15, 0.2) is 5.82 Å². The number of nitro benzene ring substituents is 1. The molecule has 1 aromatic heterocycles. The third-order valence-electron chi connectivity index (χ3n) is 3.40. The first kappa shape index (κ1) is 14.9. The van der Waals surface area contributed by atoms with Crippen LogP contribution in [0.1, 0.15) is 11.1 Å². The van der Waals surface area contributed by atoms with Crippen molar-refractivity contribution in [3.8, 4) is 11.4 Å². The lowest BCUT2D eigenvalue weighted by atomic mass is 10.1. The van der Waals surface area contributed by atoms with Crippen molar-refractivity contribution in [2.75, 3.05) is 0 Å². The Bertz CT molecular complexity index is 827. The average molecular weight is 310 g/mol. The Morgan fingerprint density at radius 2 is 1.87 bits per heavy atom. The topological polar surface area (TPSA) is 94.1 Å². The summed E-state index contributed by atoms with van der Waals surface area (Å²) in [4.78, 5) is 14.6. The standard InChI is InChI=1S/C16H14N4O3/c21-10-13-6-4-12(5-7-13)9-19-11-17-16(18-19)14-2-1-3-15(8-14)20(22)23/h1-8,11,21H,9-10H2. The van der Waals surface area contributed by atoms with Crippen molar-refractivity contribution >= 4 is 5.69 Å². The van der Waals surface area contributed by atoms with Crippen molar-refractivity contribution in [1.82, 2.24) is 14.8 Å². The lowest BCUT2D eigenvalue weighted by molar-refractivity contribution is -0.384. The van der Waals surface area contributed by atoms with Gasteiger partial charge in [0.25, 0.3) is 5.69 Å². The van der Waals surface area contributed by atoms with Crippen LogP contribution < -0.4 is 0 Å². The maximum absolute atomic E-state index is 10.8. The van der Waals surface area contributed by atoms with Gasteiger partial charge in [0.2, 0.25) is 0 Å². The van der Waals surface area contributed by atoms with Crippen LogP contribution in [0, 0.1) is 10.1 Å². The molecule has 0 bridgehead atoms. The van der Waals surface area contributed by atoms with Crippen molar-refractivity contribution in [2.24, 2.45) is 0 Å². The van der Waals surface area contributed by atoms with Gasteiger partial charge in [-0.2, -0.15) is 5.10 Å². The molecule has 7 heteroatoms. The minimum atomic E-state index is -0.441. The van der Waals surface area contributed by atoms with Gasteiger partial charge in [-0.1, -0.05) is 36.4 Å². The summed E-state index contributed by atoms with van der Waals surface area (Å²) < 4.78 is 1.67. The number of benzene rings is 2. The van der Waals surface area contributed by atoms with Crippen LogP contribution in [0.25, 0.3) is 11.4 Å². The lowest BCUT2D eigenvalue weighted by Crippen LogP contribution is -2.00. The maximum atomic E-state index is 10.8. The molecular weight excluding hydrogens is 296 g/mol. The molecule has 116 valence electrons. The third kappa shape index (κ3) is 3.41. The average Bonchev–Trinajstić information content (AvgIpc) is 3.04. The molecule has 0 amide bonds. The van der Waals surface area contributed by atoms with E-state index in [0.717, 1.165) is 11.1 Å². The molecule has 0 saturated carbocycles. The molecule has 0 aliphatic rings. The van der Waals surface area contributed by atoms with Crippen LogP contribution in [0.3, 0.4) is 0 Å². The fourth-order valence-electron chi connectivity index (χ4n) is 2.20. The maximum Gasteiger partial charge on any atom is 0.270 e. The molecule has 0 atom stereocenters. The molecule has 7 nitrogen and oxygen atoms in total. The lowest BCUT2D eigenvalue weighted by Gasteiger charge is -2.02. The molecule has 1 N–H and O–H groups in total. The second-order valence-electron chi connectivity index (χ2n) is 5.05. The van der Waals surface area contributed by atoms with Crippen LogP contribution in [-0.2, 0) is 13.2 Å². The van der Waals surface area contributed by atoms with Gasteiger partial charge >= 0.3 is 0 Å². The van der Waals surface area contributed by atoms with E-state index >= 15 is 0 Å². The summed E-state index contributed by atoms with van der Waals surface area (Å²) in [6.07, 6.45) is 1.59. The summed E-state index contributed by atoms with van der Waals surface area (Å²) in [7, 11) is 0. The monoisotopic (exact) mass is 310 g/mol. The number of hydrogen-bond donors (Lipinski definition) is 1. The number of aromatic nitrogens is 3. The zero-order valence-electron chi connectivity index (χ0n) is 12.2. The molecule has 0 aliphatic heterocycles. The Morgan fingerprint density at radius 3 is 2.57 bits per heavy atom. The quantitative estimate of drug-likeness (QED) is 0.577. The van der Waals surface area contributed by atoms with Gasteiger partial charge in [0.05, 0.1) is 18.1 Å². The Balaban J connectivity index is 1.79. The zero-order chi connectivity index (χ0) is 16.2. The van der Waals surface area contributed by atoms with Crippen molar-refractivity contribution in [3.63, 3.8) is 0 Å². The Kier molecular flexibility index (Phi) is 4.11. The summed E-state index contributed by atoms with van der Waals surface area (Å²) in [5, 5.41) is 24.2. The SMILES string of the molecule is O=[N+]([O-])c1cccc(-c2ncn(Cc3ccc(CO)cc3)n2)c1. The predicted octanol–water partition coefficient (Wildman–Crippen LogP) is 2.39. The summed E-state index contributed by atoms with van der Waals surface area (Å²) in [5.41, 5.74) is 2.49. The first-order chi connectivity index (χ1) is 11.2. The van der Waals surface area contributed by atoms with E-state index in [1.54, 1.807) is 23.1 Å². The second kappa shape index (κ2) is 6.37. The molecule has 3 rings (SSSR count). The van der Waals surface area contributed by atoms with E-state index in [4.69, 9.17) is 5.11 Å². The molecule has 1 heterocycles. The van der Waals surface area contributed by atoms with Gasteiger partial charge in [-0.3, -0.25) is 10.1 Å². The number of aliphatic hydroxyl groups excluding tert-OH is 1. The number of rotatable bonds is 5. The van der Waals surface area contributed by atoms with Crippen molar-refractivity contribution < 1.29 is 10.0 Å². The summed E-state index contributed by atoms with van der Waals surface area (Å²) in [6, 6.07) is 13.8. The van der Waals surface area contributed by atoms with E-state index in [-0.39, 0.29) is 12.3 Å². The van der Waals surface area contributed by atoms with E-state index in [9.17, 15) is 10.1 Å². The summed E-state index contributed by atoms with van der Waals surface area (Å²) >= 11 is 0. The largest absolute Gasteiger partial charge is 0.392 e. The number of non-ortho nitro benzene ring substituents is 1. The first-order valence-corrected chi connectivity index (χ1v) is 6.98. The summed E-state index contributed by atoms with van der Waals surface area (Å²) in [6.45, 7) is 0.550. The van der Waals surface area contributed by atoms with E-state index in [1.165, 1.54) is 12.1 Å². The molecule has 0 aliphatic carbocycles. The molecule has 0 radical (unpaired) electrons. The third-order valence-corrected chi connectivity index (χ3v) is 3.40. The number of aliphatic hydroxyl groups is 1. The van der Waals surface area contributed by atoms with Crippen LogP contribution >= 0.6 is 0 Å². The first-order valence-electron chi connectivity index (χ1n) is 6.98. The highest BCUT2D eigenvalue weighted by atomic mass is 16.6. The minimum Gasteiger partial charge on any atom is -0.392 e. The normalized spacial score (nSPS) is 10.7. The van der Waals surface area contributed by atoms with Gasteiger partial charge in [0.1, 0.15) is 6.33 Å². The van der Waals surface area contributed by atoms with E-state index < -0.39 is 4.92 Å². The van der Waals surface area contributed by atoms with Crippen LogP contribution in [0.15, 0.2) is 54.9 Å². The molecular formula is C16H14N4O3. The fourth-order valence-corrected chi connectivity index (χ4v) is 2.20. The van der Waals surface area contributed by atoms with Crippen molar-refractivity contribution in [2.45, 2.75) is 13.2 Å². The van der Waals surface area contributed by atoms with Crippen LogP contribution in [0.2, 0.25) is 0 Å². The number of nitro groups is 1. The van der Waals surface area contributed by atoms with Crippen LogP contribution in [0.5, 0.6) is 0 Å². The smallest absolute Gasteiger partial charge is 0.270 e. The van der Waals surface area contributed by atoms with E-state index in [2.05, 4.69) is 10.1 Å². The Hall–Kier alpha value is -3.06. The summed E-state index contributed by atoms with van der Waals surface area (Å²) in [5.74, 6) is 0.445. The molecule has 23 heavy (non-hydrogen) atoms. The molecule has 2 aromatic carbocycles. The highest BCUT2D eigenvalue weighted by molar-refractivity contribution is 5.58. The van der Waals surface area contributed by atoms with Crippen molar-refractivity contribution in [3.05, 3.63) is 76.1 Å². The predicted molar refractivity (Wildman–Crippen MR) is 83.6 cm³/mol. The molecule has 3 aromatic rings. The Morgan fingerprint density at radius 1 is 1.13 bits per heavy atom. The molecule has 0 fully saturated rings. The minimum absolute atomic E-state index is 0.0124. The Labute approximate surface area is 132 Å². The molecule has 0 unspecified atom stereocenters.